The molecule has 0 aliphatic carbocycles. The van der Waals surface area contributed by atoms with Gasteiger partial charge in [-0.2, -0.15) is 0 Å². The van der Waals surface area contributed by atoms with Crippen molar-refractivity contribution < 1.29 is 4.43 Å². The summed E-state index contributed by atoms with van der Waals surface area (Å²) in [5.41, 5.74) is 1.94. The van der Waals surface area contributed by atoms with Crippen molar-refractivity contribution in [1.29, 1.82) is 0 Å². The van der Waals surface area contributed by atoms with Crippen molar-refractivity contribution >= 4 is 24.2 Å². The van der Waals surface area contributed by atoms with E-state index < -0.39 is 8.32 Å². The Hall–Kier alpha value is -0.0631. The second-order valence-corrected chi connectivity index (χ2v) is 13.5. The summed E-state index contributed by atoms with van der Waals surface area (Å²) in [6, 6.07) is 0.408. The van der Waals surface area contributed by atoms with E-state index in [0.29, 0.717) is 22.7 Å². The summed E-state index contributed by atoms with van der Waals surface area (Å²) in [6.07, 6.45) is 6.48. The van der Waals surface area contributed by atoms with Gasteiger partial charge in [0.1, 0.15) is 0 Å². The van der Waals surface area contributed by atoms with E-state index in [1.807, 2.05) is 0 Å². The molecular formula is C17H32BrNOSi. The predicted molar refractivity (Wildman–Crippen MR) is 99.3 cm³/mol. The summed E-state index contributed by atoms with van der Waals surface area (Å²) in [6.45, 7) is 18.1. The predicted octanol–water partition coefficient (Wildman–Crippen LogP) is 5.68. The Morgan fingerprint density at radius 2 is 1.62 bits per heavy atom. The lowest BCUT2D eigenvalue weighted by atomic mass is 10.2. The number of hydrogen-bond donors (Lipinski definition) is 0. The van der Waals surface area contributed by atoms with Crippen LogP contribution in [0.2, 0.25) is 16.6 Å². The molecule has 0 N–H and O–H groups in total. The van der Waals surface area contributed by atoms with Crippen LogP contribution >= 0.6 is 15.9 Å². The van der Waals surface area contributed by atoms with Crippen LogP contribution in [-0.4, -0.2) is 32.4 Å². The Labute approximate surface area is 140 Å². The molecule has 0 spiro atoms. The lowest BCUT2D eigenvalue weighted by Gasteiger charge is -2.43. The van der Waals surface area contributed by atoms with Crippen molar-refractivity contribution in [2.24, 2.45) is 0 Å². The van der Waals surface area contributed by atoms with Gasteiger partial charge >= 0.3 is 0 Å². The summed E-state index contributed by atoms with van der Waals surface area (Å²) in [4.78, 5) is 2.35. The normalized spacial score (nSPS) is 17.9. The first-order valence-corrected chi connectivity index (χ1v) is 11.1. The fourth-order valence-corrected chi connectivity index (χ4v) is 9.69. The first-order chi connectivity index (χ1) is 9.71. The molecule has 1 aliphatic heterocycles. The minimum atomic E-state index is -1.75. The van der Waals surface area contributed by atoms with Gasteiger partial charge in [-0.15, -0.1) is 0 Å². The highest BCUT2D eigenvalue weighted by Gasteiger charge is 2.45. The molecule has 0 amide bonds. The fraction of sp³-hybridized carbons (Fsp3) is 0.765. The fourth-order valence-electron chi connectivity index (χ4n) is 3.71. The van der Waals surface area contributed by atoms with Crippen LogP contribution < -0.4 is 0 Å². The molecule has 0 fully saturated rings. The molecule has 122 valence electrons. The van der Waals surface area contributed by atoms with E-state index in [4.69, 9.17) is 4.43 Å². The lowest BCUT2D eigenvalue weighted by Crippen LogP contribution is -2.50. The largest absolute Gasteiger partial charge is 0.414 e. The van der Waals surface area contributed by atoms with Gasteiger partial charge in [-0.25, -0.2) is 0 Å². The average Bonchev–Trinajstić information content (AvgIpc) is 2.37. The van der Waals surface area contributed by atoms with Crippen molar-refractivity contribution in [2.45, 2.75) is 71.1 Å². The van der Waals surface area contributed by atoms with Crippen LogP contribution in [0.4, 0.5) is 0 Å². The molecule has 0 radical (unpaired) electrons. The summed E-state index contributed by atoms with van der Waals surface area (Å²) >= 11 is 3.56. The molecule has 1 atom stereocenters. The molecule has 21 heavy (non-hydrogen) atoms. The second-order valence-electron chi connectivity index (χ2n) is 7.09. The standard InChI is InChI=1S/C17H32BrNOSi/c1-13(2)21(14(3)4,15(5)6)20-12-16(7)19-10-8-9-17(18)11-19/h8-9,11,13-16H,10,12H2,1-7H3. The van der Waals surface area contributed by atoms with E-state index in [-0.39, 0.29) is 0 Å². The topological polar surface area (TPSA) is 12.5 Å². The summed E-state index contributed by atoms with van der Waals surface area (Å²) in [5.74, 6) is 0. The Morgan fingerprint density at radius 1 is 1.10 bits per heavy atom. The van der Waals surface area contributed by atoms with Gasteiger partial charge in [-0.3, -0.25) is 0 Å². The van der Waals surface area contributed by atoms with E-state index in [0.717, 1.165) is 17.6 Å². The average molecular weight is 374 g/mol. The smallest absolute Gasteiger partial charge is 0.200 e. The van der Waals surface area contributed by atoms with Gasteiger partial charge in [0.05, 0.1) is 6.61 Å². The molecule has 0 saturated carbocycles. The van der Waals surface area contributed by atoms with Crippen LogP contribution in [0.5, 0.6) is 0 Å². The maximum absolute atomic E-state index is 6.69. The van der Waals surface area contributed by atoms with Crippen LogP contribution in [0.25, 0.3) is 0 Å². The van der Waals surface area contributed by atoms with Crippen LogP contribution in [-0.2, 0) is 4.43 Å². The Balaban J connectivity index is 2.75. The molecule has 0 saturated heterocycles. The third kappa shape index (κ3) is 4.46. The minimum absolute atomic E-state index is 0.408. The molecule has 0 aromatic heterocycles. The third-order valence-electron chi connectivity index (χ3n) is 4.73. The lowest BCUT2D eigenvalue weighted by molar-refractivity contribution is 0.183. The van der Waals surface area contributed by atoms with Crippen LogP contribution in [0.1, 0.15) is 48.5 Å². The molecule has 4 heteroatoms. The van der Waals surface area contributed by atoms with Crippen molar-refractivity contribution in [3.8, 4) is 0 Å². The van der Waals surface area contributed by atoms with Crippen molar-refractivity contribution in [3.63, 3.8) is 0 Å². The molecule has 0 bridgehead atoms. The number of rotatable bonds is 7. The van der Waals surface area contributed by atoms with Gasteiger partial charge in [-0.05, 0) is 45.6 Å². The first-order valence-electron chi connectivity index (χ1n) is 8.15. The summed E-state index contributed by atoms with van der Waals surface area (Å²) < 4.78 is 7.83. The Morgan fingerprint density at radius 3 is 2.05 bits per heavy atom. The van der Waals surface area contributed by atoms with Crippen molar-refractivity contribution in [1.82, 2.24) is 4.90 Å². The van der Waals surface area contributed by atoms with Crippen LogP contribution in [0.15, 0.2) is 22.8 Å². The van der Waals surface area contributed by atoms with Crippen molar-refractivity contribution in [2.75, 3.05) is 13.2 Å². The summed E-state index contributed by atoms with van der Waals surface area (Å²) in [7, 11) is -1.75. The van der Waals surface area contributed by atoms with E-state index in [1.165, 1.54) is 0 Å². The molecule has 1 unspecified atom stereocenters. The number of nitrogens with zero attached hydrogens (tertiary/aromatic N) is 1. The van der Waals surface area contributed by atoms with Gasteiger partial charge in [0.25, 0.3) is 0 Å². The molecule has 1 rings (SSSR count). The molecular weight excluding hydrogens is 342 g/mol. The number of halogens is 1. The summed E-state index contributed by atoms with van der Waals surface area (Å²) in [5, 5.41) is 0. The van der Waals surface area contributed by atoms with Gasteiger partial charge in [0, 0.05) is 23.3 Å². The first kappa shape index (κ1) is 19.0. The zero-order chi connectivity index (χ0) is 16.2. The SMILES string of the molecule is CC(CO[Si](C(C)C)(C(C)C)C(C)C)N1C=C(Br)C=CC1. The zero-order valence-corrected chi connectivity index (χ0v) is 17.3. The maximum atomic E-state index is 6.69. The van der Waals surface area contributed by atoms with Crippen LogP contribution in [0, 0.1) is 0 Å². The van der Waals surface area contributed by atoms with Gasteiger partial charge in [-0.1, -0.05) is 47.6 Å². The quantitative estimate of drug-likeness (QED) is 0.532. The zero-order valence-electron chi connectivity index (χ0n) is 14.7. The molecule has 2 nitrogen and oxygen atoms in total. The van der Waals surface area contributed by atoms with E-state index in [9.17, 15) is 0 Å². The van der Waals surface area contributed by atoms with Crippen LogP contribution in [0.3, 0.4) is 0 Å². The Bertz CT molecular complexity index is 368. The van der Waals surface area contributed by atoms with E-state index >= 15 is 0 Å². The van der Waals surface area contributed by atoms with Gasteiger partial charge in [0.15, 0.2) is 8.32 Å². The number of hydrogen-bond acceptors (Lipinski definition) is 2. The Kier molecular flexibility index (Phi) is 7.21. The molecule has 0 aromatic carbocycles. The van der Waals surface area contributed by atoms with E-state index in [1.54, 1.807) is 0 Å². The third-order valence-corrected chi connectivity index (χ3v) is 11.3. The highest BCUT2D eigenvalue weighted by Crippen LogP contribution is 2.42. The minimum Gasteiger partial charge on any atom is -0.414 e. The monoisotopic (exact) mass is 373 g/mol. The highest BCUT2D eigenvalue weighted by molar-refractivity contribution is 9.11. The van der Waals surface area contributed by atoms with Crippen molar-refractivity contribution in [3.05, 3.63) is 22.8 Å². The molecule has 1 heterocycles. The van der Waals surface area contributed by atoms with Gasteiger partial charge in [0.2, 0.25) is 0 Å². The molecule has 1 aliphatic rings. The van der Waals surface area contributed by atoms with E-state index in [2.05, 4.69) is 87.6 Å². The van der Waals surface area contributed by atoms with Gasteiger partial charge < -0.3 is 9.33 Å². The second kappa shape index (κ2) is 7.98. The highest BCUT2D eigenvalue weighted by atomic mass is 79.9. The number of allylic oxidation sites excluding steroid dienone is 2. The molecule has 0 aromatic rings. The maximum Gasteiger partial charge on any atom is 0.200 e.